The summed E-state index contributed by atoms with van der Waals surface area (Å²) >= 11 is 0. The van der Waals surface area contributed by atoms with Gasteiger partial charge in [-0.05, 0) is 57.4 Å². The van der Waals surface area contributed by atoms with Crippen molar-refractivity contribution in [3.8, 4) is 5.69 Å². The molecule has 0 saturated heterocycles. The molecule has 1 N–H and O–H groups in total. The van der Waals surface area contributed by atoms with Crippen LogP contribution in [0.3, 0.4) is 0 Å². The highest BCUT2D eigenvalue weighted by atomic mass is 16.1. The molecule has 0 aliphatic heterocycles. The van der Waals surface area contributed by atoms with Crippen molar-refractivity contribution in [2.45, 2.75) is 53.6 Å². The fraction of sp³-hybridized carbons (Fsp3) is 0.444. The monoisotopic (exact) mass is 299 g/mol. The molecule has 4 heteroatoms. The molecule has 0 saturated carbocycles. The van der Waals surface area contributed by atoms with E-state index in [-0.39, 0.29) is 5.43 Å². The van der Waals surface area contributed by atoms with Crippen LogP contribution < -0.4 is 10.7 Å². The predicted molar refractivity (Wildman–Crippen MR) is 90.6 cm³/mol. The van der Waals surface area contributed by atoms with Gasteiger partial charge in [-0.3, -0.25) is 4.79 Å². The molecule has 118 valence electrons. The number of benzene rings is 1. The molecule has 0 aliphatic rings. The maximum Gasteiger partial charge on any atom is 0.204 e. The van der Waals surface area contributed by atoms with Crippen LogP contribution in [0.25, 0.3) is 5.69 Å². The van der Waals surface area contributed by atoms with E-state index < -0.39 is 0 Å². The molecule has 0 bridgehead atoms. The summed E-state index contributed by atoms with van der Waals surface area (Å²) in [5.41, 5.74) is 4.86. The van der Waals surface area contributed by atoms with E-state index in [1.165, 1.54) is 11.1 Å². The molecule has 0 fully saturated rings. The Morgan fingerprint density at radius 3 is 2.55 bits per heavy atom. The number of rotatable bonds is 5. The lowest BCUT2D eigenvalue weighted by Gasteiger charge is -2.14. The zero-order valence-electron chi connectivity index (χ0n) is 14.1. The molecule has 0 radical (unpaired) electrons. The van der Waals surface area contributed by atoms with Gasteiger partial charge in [-0.15, -0.1) is 0 Å². The molecule has 0 spiro atoms. The zero-order chi connectivity index (χ0) is 16.3. The van der Waals surface area contributed by atoms with Gasteiger partial charge in [-0.25, -0.2) is 4.68 Å². The van der Waals surface area contributed by atoms with Gasteiger partial charge in [-0.1, -0.05) is 13.0 Å². The number of hydrogen-bond acceptors (Lipinski definition) is 3. The SMILES string of the molecule is CCC(C)NCc1nn(-c2ccc(C)c(C)c2)c(C)cc1=O. The number of hydrogen-bond donors (Lipinski definition) is 1. The number of aromatic nitrogens is 2. The average molecular weight is 299 g/mol. The van der Waals surface area contributed by atoms with Crippen LogP contribution in [0.2, 0.25) is 0 Å². The van der Waals surface area contributed by atoms with Gasteiger partial charge in [-0.2, -0.15) is 5.10 Å². The van der Waals surface area contributed by atoms with E-state index in [1.807, 2.05) is 17.7 Å². The topological polar surface area (TPSA) is 46.9 Å². The second kappa shape index (κ2) is 6.88. The Kier molecular flexibility index (Phi) is 5.14. The van der Waals surface area contributed by atoms with Gasteiger partial charge in [0.1, 0.15) is 5.69 Å². The van der Waals surface area contributed by atoms with Gasteiger partial charge in [0.2, 0.25) is 5.43 Å². The smallest absolute Gasteiger partial charge is 0.204 e. The van der Waals surface area contributed by atoms with Crippen LogP contribution in [0.5, 0.6) is 0 Å². The predicted octanol–water partition coefficient (Wildman–Crippen LogP) is 3.05. The number of nitrogens with zero attached hydrogens (tertiary/aromatic N) is 2. The van der Waals surface area contributed by atoms with E-state index >= 15 is 0 Å². The molecular weight excluding hydrogens is 274 g/mol. The molecule has 1 aromatic carbocycles. The van der Waals surface area contributed by atoms with Crippen LogP contribution in [-0.4, -0.2) is 15.8 Å². The Hall–Kier alpha value is -1.94. The first kappa shape index (κ1) is 16.4. The van der Waals surface area contributed by atoms with Crippen LogP contribution in [0.15, 0.2) is 29.1 Å². The van der Waals surface area contributed by atoms with Gasteiger partial charge in [0.15, 0.2) is 0 Å². The highest BCUT2D eigenvalue weighted by Gasteiger charge is 2.09. The van der Waals surface area contributed by atoms with E-state index in [0.29, 0.717) is 18.3 Å². The summed E-state index contributed by atoms with van der Waals surface area (Å²) in [5.74, 6) is 0. The summed E-state index contributed by atoms with van der Waals surface area (Å²) in [6.07, 6.45) is 1.03. The molecule has 22 heavy (non-hydrogen) atoms. The highest BCUT2D eigenvalue weighted by molar-refractivity contribution is 5.40. The van der Waals surface area contributed by atoms with Crippen molar-refractivity contribution in [1.29, 1.82) is 0 Å². The molecular formula is C18H25N3O. The van der Waals surface area contributed by atoms with Crippen molar-refractivity contribution in [3.63, 3.8) is 0 Å². The molecule has 1 unspecified atom stereocenters. The summed E-state index contributed by atoms with van der Waals surface area (Å²) in [7, 11) is 0. The van der Waals surface area contributed by atoms with Crippen molar-refractivity contribution in [1.82, 2.24) is 15.1 Å². The van der Waals surface area contributed by atoms with Crippen molar-refractivity contribution in [2.24, 2.45) is 0 Å². The summed E-state index contributed by atoms with van der Waals surface area (Å²) in [4.78, 5) is 12.1. The fourth-order valence-electron chi connectivity index (χ4n) is 2.24. The van der Waals surface area contributed by atoms with Crippen LogP contribution >= 0.6 is 0 Å². The van der Waals surface area contributed by atoms with Crippen LogP contribution in [0, 0.1) is 20.8 Å². The van der Waals surface area contributed by atoms with Crippen molar-refractivity contribution < 1.29 is 0 Å². The van der Waals surface area contributed by atoms with Gasteiger partial charge in [0.25, 0.3) is 0 Å². The summed E-state index contributed by atoms with van der Waals surface area (Å²) in [5, 5.41) is 7.89. The third kappa shape index (κ3) is 3.63. The van der Waals surface area contributed by atoms with Crippen LogP contribution in [0.1, 0.15) is 42.8 Å². The minimum absolute atomic E-state index is 0.00612. The molecule has 1 heterocycles. The maximum atomic E-state index is 12.1. The van der Waals surface area contributed by atoms with Crippen molar-refractivity contribution >= 4 is 0 Å². The Bertz CT molecular complexity index is 719. The van der Waals surface area contributed by atoms with Gasteiger partial charge in [0.05, 0.1) is 5.69 Å². The van der Waals surface area contributed by atoms with Crippen LogP contribution in [-0.2, 0) is 6.54 Å². The van der Waals surface area contributed by atoms with Crippen molar-refractivity contribution in [2.75, 3.05) is 0 Å². The van der Waals surface area contributed by atoms with Gasteiger partial charge in [0, 0.05) is 24.3 Å². The molecule has 2 aromatic rings. The minimum atomic E-state index is -0.00612. The van der Waals surface area contributed by atoms with E-state index in [4.69, 9.17) is 0 Å². The second-order valence-corrected chi connectivity index (χ2v) is 5.97. The lowest BCUT2D eigenvalue weighted by atomic mass is 10.1. The first-order valence-corrected chi connectivity index (χ1v) is 7.83. The first-order valence-electron chi connectivity index (χ1n) is 7.83. The summed E-state index contributed by atoms with van der Waals surface area (Å²) < 4.78 is 1.85. The molecule has 1 atom stereocenters. The first-order chi connectivity index (χ1) is 10.4. The molecule has 0 aliphatic carbocycles. The Morgan fingerprint density at radius 2 is 1.91 bits per heavy atom. The summed E-state index contributed by atoms with van der Waals surface area (Å²) in [6, 6.07) is 8.26. The number of aryl methyl sites for hydroxylation is 3. The normalized spacial score (nSPS) is 12.4. The Morgan fingerprint density at radius 1 is 1.18 bits per heavy atom. The molecule has 2 rings (SSSR count). The molecule has 1 aromatic heterocycles. The van der Waals surface area contributed by atoms with E-state index in [9.17, 15) is 4.79 Å². The summed E-state index contributed by atoms with van der Waals surface area (Å²) in [6.45, 7) is 10.8. The maximum absolute atomic E-state index is 12.1. The minimum Gasteiger partial charge on any atom is -0.308 e. The largest absolute Gasteiger partial charge is 0.308 e. The quantitative estimate of drug-likeness (QED) is 0.923. The van der Waals surface area contributed by atoms with Gasteiger partial charge < -0.3 is 5.32 Å². The van der Waals surface area contributed by atoms with E-state index in [0.717, 1.165) is 17.8 Å². The molecule has 4 nitrogen and oxygen atoms in total. The fourth-order valence-corrected chi connectivity index (χ4v) is 2.24. The number of nitrogens with one attached hydrogen (secondary N) is 1. The highest BCUT2D eigenvalue weighted by Crippen LogP contribution is 2.14. The third-order valence-corrected chi connectivity index (χ3v) is 4.14. The van der Waals surface area contributed by atoms with E-state index in [2.05, 4.69) is 50.2 Å². The van der Waals surface area contributed by atoms with Crippen molar-refractivity contribution in [3.05, 3.63) is 57.0 Å². The molecule has 0 amide bonds. The second-order valence-electron chi connectivity index (χ2n) is 5.97. The lowest BCUT2D eigenvalue weighted by Crippen LogP contribution is -2.29. The van der Waals surface area contributed by atoms with Gasteiger partial charge >= 0.3 is 0 Å². The third-order valence-electron chi connectivity index (χ3n) is 4.14. The Labute approximate surface area is 132 Å². The standard InChI is InChI=1S/C18H25N3O/c1-6-14(4)19-11-17-18(22)10-15(5)21(20-17)16-8-7-12(2)13(3)9-16/h7-10,14,19H,6,11H2,1-5H3. The lowest BCUT2D eigenvalue weighted by molar-refractivity contribution is 0.521. The van der Waals surface area contributed by atoms with E-state index in [1.54, 1.807) is 6.07 Å². The average Bonchev–Trinajstić information content (AvgIpc) is 2.49. The zero-order valence-corrected chi connectivity index (χ0v) is 14.1. The van der Waals surface area contributed by atoms with Crippen LogP contribution in [0.4, 0.5) is 0 Å². The Balaban J connectivity index is 2.39.